The van der Waals surface area contributed by atoms with Crippen LogP contribution in [0.3, 0.4) is 0 Å². The van der Waals surface area contributed by atoms with E-state index in [0.717, 1.165) is 58.5 Å². The van der Waals surface area contributed by atoms with E-state index in [1.807, 2.05) is 79.9 Å². The fraction of sp³-hybridized carbons (Fsp3) is 0.519. The lowest BCUT2D eigenvalue weighted by molar-refractivity contribution is 0.283. The summed E-state index contributed by atoms with van der Waals surface area (Å²) in [5.74, 6) is 0.875. The lowest BCUT2D eigenvalue weighted by Crippen LogP contribution is -2.07. The molecule has 0 radical (unpaired) electrons. The van der Waals surface area contributed by atoms with Crippen LogP contribution in [-0.4, -0.2) is 52.1 Å². The van der Waals surface area contributed by atoms with Gasteiger partial charge in [0.15, 0.2) is 0 Å². The first-order valence-electron chi connectivity index (χ1n) is 12.8. The second-order valence-electron chi connectivity index (χ2n) is 6.59. The van der Waals surface area contributed by atoms with E-state index in [2.05, 4.69) is 37.6 Å². The Balaban J connectivity index is 0.000000662. The molecule has 3 heterocycles. The molecule has 0 spiro atoms. The molecule has 0 unspecified atom stereocenters. The molecule has 7 heteroatoms. The highest BCUT2D eigenvalue weighted by Crippen LogP contribution is 2.29. The Morgan fingerprint density at radius 3 is 2.32 bits per heavy atom. The molecule has 3 aromatic heterocycles. The van der Waals surface area contributed by atoms with Crippen LogP contribution in [0.5, 0.6) is 5.75 Å². The summed E-state index contributed by atoms with van der Waals surface area (Å²) in [4.78, 5) is 6.60. The summed E-state index contributed by atoms with van der Waals surface area (Å²) in [5, 5.41) is 19.9. The summed E-state index contributed by atoms with van der Waals surface area (Å²) in [6.07, 6.45) is 5.16. The number of hydrogen-bond donors (Lipinski definition) is 5. The van der Waals surface area contributed by atoms with Crippen LogP contribution in [-0.2, 0) is 0 Å². The molecule has 4 rings (SSSR count). The zero-order valence-electron chi connectivity index (χ0n) is 22.5. The molecule has 0 fully saturated rings. The average Bonchev–Trinajstić information content (AvgIpc) is 3.62. The van der Waals surface area contributed by atoms with Crippen LogP contribution in [0.25, 0.3) is 33.3 Å². The molecular formula is C27H47N5O2. The van der Waals surface area contributed by atoms with Gasteiger partial charge in [0.1, 0.15) is 11.4 Å². The number of benzene rings is 1. The van der Waals surface area contributed by atoms with Crippen molar-refractivity contribution in [3.8, 4) is 17.1 Å². The van der Waals surface area contributed by atoms with E-state index in [9.17, 15) is 0 Å². The van der Waals surface area contributed by atoms with Crippen molar-refractivity contribution in [2.45, 2.75) is 67.7 Å². The Morgan fingerprint density at radius 2 is 1.68 bits per heavy atom. The number of aromatic nitrogens is 4. The van der Waals surface area contributed by atoms with Crippen molar-refractivity contribution in [1.29, 1.82) is 0 Å². The van der Waals surface area contributed by atoms with Crippen molar-refractivity contribution in [2.24, 2.45) is 0 Å². The monoisotopic (exact) mass is 473 g/mol. The van der Waals surface area contributed by atoms with Crippen molar-refractivity contribution in [1.82, 2.24) is 25.5 Å². The minimum Gasteiger partial charge on any atom is -0.494 e. The first-order valence-corrected chi connectivity index (χ1v) is 12.8. The SMILES string of the molecule is CC.CC.CC.CCOc1ccc2cc(-c3n[nH]c4cc[nH]c34)[nH]c2c1.CNCCCCCO. The molecule has 7 nitrogen and oxygen atoms in total. The first kappa shape index (κ1) is 31.2. The van der Waals surface area contributed by atoms with Crippen LogP contribution in [0.1, 0.15) is 67.7 Å². The molecule has 0 aliphatic rings. The van der Waals surface area contributed by atoms with Crippen LogP contribution in [0, 0.1) is 0 Å². The lowest BCUT2D eigenvalue weighted by atomic mass is 10.2. The van der Waals surface area contributed by atoms with Gasteiger partial charge in [-0.05, 0) is 64.0 Å². The number of hydrogen-bond acceptors (Lipinski definition) is 4. The highest BCUT2D eigenvalue weighted by Gasteiger charge is 2.11. The molecule has 0 saturated heterocycles. The summed E-state index contributed by atoms with van der Waals surface area (Å²) in [6, 6.07) is 10.1. The number of H-pyrrole nitrogens is 3. The quantitative estimate of drug-likeness (QED) is 0.180. The molecule has 0 aliphatic heterocycles. The van der Waals surface area contributed by atoms with Gasteiger partial charge in [0.05, 0.1) is 23.3 Å². The minimum atomic E-state index is 0.337. The van der Waals surface area contributed by atoms with Crippen molar-refractivity contribution in [3.05, 3.63) is 36.5 Å². The minimum absolute atomic E-state index is 0.337. The van der Waals surface area contributed by atoms with Crippen molar-refractivity contribution in [2.75, 3.05) is 26.8 Å². The van der Waals surface area contributed by atoms with E-state index in [-0.39, 0.29) is 0 Å². The zero-order chi connectivity index (χ0) is 25.8. The summed E-state index contributed by atoms with van der Waals surface area (Å²) >= 11 is 0. The standard InChI is InChI=1S/C15H14N4O.C6H15NO.3C2H6/c1-2-20-10-4-3-9-7-13(17-12(9)8-10)15-14-11(18-19-15)5-6-16-14;1-7-5-3-2-4-6-8;3*1-2/h3-8,16-17H,2H2,1H3,(H,18,19);7-8H,2-6H2,1H3;3*1-2H3. The van der Waals surface area contributed by atoms with Gasteiger partial charge in [0.2, 0.25) is 0 Å². The number of rotatable bonds is 8. The first-order chi connectivity index (χ1) is 16.8. The van der Waals surface area contributed by atoms with Gasteiger partial charge in [-0.1, -0.05) is 41.5 Å². The Kier molecular flexibility index (Phi) is 18.1. The van der Waals surface area contributed by atoms with E-state index in [1.165, 1.54) is 6.42 Å². The number of nitrogens with one attached hydrogen (secondary N) is 4. The van der Waals surface area contributed by atoms with Gasteiger partial charge >= 0.3 is 0 Å². The maximum Gasteiger partial charge on any atom is 0.132 e. The molecule has 34 heavy (non-hydrogen) atoms. The third-order valence-electron chi connectivity index (χ3n) is 4.52. The summed E-state index contributed by atoms with van der Waals surface area (Å²) in [6.45, 7) is 16.1. The Morgan fingerprint density at radius 1 is 0.941 bits per heavy atom. The average molecular weight is 474 g/mol. The number of aliphatic hydroxyl groups excluding tert-OH is 1. The fourth-order valence-corrected chi connectivity index (χ4v) is 3.11. The highest BCUT2D eigenvalue weighted by molar-refractivity contribution is 5.94. The lowest BCUT2D eigenvalue weighted by Gasteiger charge is -2.01. The van der Waals surface area contributed by atoms with Gasteiger partial charge in [0, 0.05) is 29.8 Å². The van der Waals surface area contributed by atoms with E-state index < -0.39 is 0 Å². The van der Waals surface area contributed by atoms with E-state index in [1.54, 1.807) is 0 Å². The van der Waals surface area contributed by atoms with Gasteiger partial charge in [-0.2, -0.15) is 5.10 Å². The number of aromatic amines is 3. The molecular weight excluding hydrogens is 426 g/mol. The highest BCUT2D eigenvalue weighted by atomic mass is 16.5. The largest absolute Gasteiger partial charge is 0.494 e. The molecule has 4 aromatic rings. The number of unbranched alkanes of at least 4 members (excludes halogenated alkanes) is 2. The molecule has 0 atom stereocenters. The summed E-state index contributed by atoms with van der Waals surface area (Å²) in [7, 11) is 1.94. The topological polar surface area (TPSA) is 102 Å². The van der Waals surface area contributed by atoms with Gasteiger partial charge < -0.3 is 25.1 Å². The second-order valence-corrected chi connectivity index (χ2v) is 6.59. The number of nitrogens with zero attached hydrogens (tertiary/aromatic N) is 1. The zero-order valence-corrected chi connectivity index (χ0v) is 22.5. The van der Waals surface area contributed by atoms with Crippen LogP contribution in [0.2, 0.25) is 0 Å². The van der Waals surface area contributed by atoms with Gasteiger partial charge in [-0.3, -0.25) is 5.10 Å². The van der Waals surface area contributed by atoms with Crippen molar-refractivity contribution >= 4 is 21.9 Å². The van der Waals surface area contributed by atoms with Crippen molar-refractivity contribution in [3.63, 3.8) is 0 Å². The summed E-state index contributed by atoms with van der Waals surface area (Å²) in [5.41, 5.74) is 4.96. The van der Waals surface area contributed by atoms with E-state index in [4.69, 9.17) is 9.84 Å². The maximum atomic E-state index is 8.35. The normalized spacial score (nSPS) is 9.56. The van der Waals surface area contributed by atoms with Crippen LogP contribution in [0.4, 0.5) is 0 Å². The maximum absolute atomic E-state index is 8.35. The Hall–Kier alpha value is -2.77. The Bertz CT molecular complexity index is 981. The van der Waals surface area contributed by atoms with Crippen LogP contribution < -0.4 is 10.1 Å². The van der Waals surface area contributed by atoms with E-state index >= 15 is 0 Å². The third kappa shape index (κ3) is 9.61. The van der Waals surface area contributed by atoms with Crippen molar-refractivity contribution < 1.29 is 9.84 Å². The molecule has 0 bridgehead atoms. The van der Waals surface area contributed by atoms with Gasteiger partial charge in [0.25, 0.3) is 0 Å². The number of fused-ring (bicyclic) bond motifs is 2. The van der Waals surface area contributed by atoms with Gasteiger partial charge in [-0.15, -0.1) is 0 Å². The number of aliphatic hydroxyl groups is 1. The predicted molar refractivity (Wildman–Crippen MR) is 148 cm³/mol. The van der Waals surface area contributed by atoms with E-state index in [0.29, 0.717) is 13.2 Å². The molecule has 0 saturated carbocycles. The Labute approximate surface area is 205 Å². The van der Waals surface area contributed by atoms with Gasteiger partial charge in [-0.25, -0.2) is 0 Å². The number of ether oxygens (including phenoxy) is 1. The third-order valence-corrected chi connectivity index (χ3v) is 4.52. The van der Waals surface area contributed by atoms with Crippen LogP contribution in [0.15, 0.2) is 36.5 Å². The smallest absolute Gasteiger partial charge is 0.132 e. The summed E-state index contributed by atoms with van der Waals surface area (Å²) < 4.78 is 5.52. The molecule has 0 aliphatic carbocycles. The molecule has 1 aromatic carbocycles. The molecule has 192 valence electrons. The fourth-order valence-electron chi connectivity index (χ4n) is 3.11. The van der Waals surface area contributed by atoms with Crippen LogP contribution >= 0.6 is 0 Å². The molecule has 0 amide bonds. The predicted octanol–water partition coefficient (Wildman–Crippen LogP) is 6.89. The molecule has 5 N–H and O–H groups in total. The second kappa shape index (κ2) is 19.7.